The zero-order chi connectivity index (χ0) is 33.9. The Labute approximate surface area is 288 Å². The molecule has 0 spiro atoms. The molecular weight excluding hydrogens is 612 g/mol. The van der Waals surface area contributed by atoms with Gasteiger partial charge in [0.1, 0.15) is 0 Å². The van der Waals surface area contributed by atoms with Crippen molar-refractivity contribution in [1.82, 2.24) is 19.4 Å². The van der Waals surface area contributed by atoms with Gasteiger partial charge < -0.3 is 24.5 Å². The van der Waals surface area contributed by atoms with E-state index in [1.54, 1.807) is 0 Å². The highest BCUT2D eigenvalue weighted by atomic mass is 16.5. The van der Waals surface area contributed by atoms with Gasteiger partial charge in [0.2, 0.25) is 0 Å². The number of nitrogens with one attached hydrogen (secondary N) is 1. The summed E-state index contributed by atoms with van der Waals surface area (Å²) in [7, 11) is 5.78. The lowest BCUT2D eigenvalue weighted by Gasteiger charge is -2.62. The van der Waals surface area contributed by atoms with E-state index in [-0.39, 0.29) is 54.2 Å². The number of aliphatic hydroxyl groups excluding tert-OH is 1. The van der Waals surface area contributed by atoms with Crippen LogP contribution in [0.1, 0.15) is 60.7 Å². The monoisotopic (exact) mass is 660 g/mol. The topological polar surface area (TPSA) is 94.0 Å². The number of aliphatic hydroxyl groups is 2. The number of carbonyl (C=O) groups excluding carboxylic acids is 1. The van der Waals surface area contributed by atoms with Crippen LogP contribution < -0.4 is 0 Å². The first-order valence-electron chi connectivity index (χ1n) is 18.1. The molecule has 0 radical (unpaired) electrons. The molecule has 4 fully saturated rings. The van der Waals surface area contributed by atoms with Crippen molar-refractivity contribution in [2.24, 2.45) is 30.7 Å². The molecule has 6 bridgehead atoms. The number of allylic oxidation sites excluding steroid dienone is 2. The Morgan fingerprint density at radius 1 is 1.00 bits per heavy atom. The zero-order valence-corrected chi connectivity index (χ0v) is 29.2. The maximum atomic E-state index is 13.7. The summed E-state index contributed by atoms with van der Waals surface area (Å²) in [5.41, 5.74) is 9.82. The van der Waals surface area contributed by atoms with Crippen molar-refractivity contribution in [3.63, 3.8) is 0 Å². The van der Waals surface area contributed by atoms with Gasteiger partial charge in [0, 0.05) is 84.6 Å². The first-order chi connectivity index (χ1) is 23.7. The number of benzene rings is 2. The smallest absolute Gasteiger partial charge is 0.310 e. The summed E-state index contributed by atoms with van der Waals surface area (Å²) in [6.45, 7) is 5.91. The van der Waals surface area contributed by atoms with Crippen LogP contribution in [0.3, 0.4) is 0 Å². The van der Waals surface area contributed by atoms with Crippen molar-refractivity contribution < 1.29 is 19.7 Å². The Hall–Kier alpha value is -3.69. The van der Waals surface area contributed by atoms with Crippen molar-refractivity contribution >= 4 is 27.8 Å². The van der Waals surface area contributed by atoms with Gasteiger partial charge in [0.15, 0.2) is 5.72 Å². The molecule has 0 saturated carbocycles. The Morgan fingerprint density at radius 2 is 1.76 bits per heavy atom. The van der Waals surface area contributed by atoms with Gasteiger partial charge in [0.05, 0.1) is 18.7 Å². The van der Waals surface area contributed by atoms with Crippen molar-refractivity contribution in [3.05, 3.63) is 93.8 Å². The summed E-state index contributed by atoms with van der Waals surface area (Å²) in [5, 5.41) is 25.6. The molecule has 6 aliphatic rings. The van der Waals surface area contributed by atoms with Crippen LogP contribution in [-0.4, -0.2) is 81.5 Å². The third-order valence-corrected chi connectivity index (χ3v) is 13.6. The number of likely N-dealkylation sites (tertiary alicyclic amines) is 1. The Kier molecular flexibility index (Phi) is 7.13. The second-order valence-corrected chi connectivity index (χ2v) is 15.5. The molecular formula is C41H48N4O4. The third kappa shape index (κ3) is 4.21. The van der Waals surface area contributed by atoms with Crippen molar-refractivity contribution in [1.29, 1.82) is 0 Å². The molecule has 5 aliphatic heterocycles. The van der Waals surface area contributed by atoms with E-state index in [2.05, 4.69) is 102 Å². The number of methoxy groups -OCH3 is 1. The molecule has 3 N–H and O–H groups in total. The van der Waals surface area contributed by atoms with Crippen LogP contribution in [0, 0.1) is 23.7 Å². The second-order valence-electron chi connectivity index (χ2n) is 15.5. The standard InChI is InChI=1S/C41H48N4O4/c1-6-22-19-43(3)36-16-29-25-10-8-9-11-33(25)42-38(29)27(15-26(22)37(36)40(47)49-5)24-12-13-34-28(14-24)30-17-35-32(21-46)31-18-41(48,39(30)44(34)4)45(35)20-23(31)7-2/h6-14,26-27,31-32,35-37,42,46,48H,15-21H2,1-5H3/b22-6-,23-7?/t26-,27+,31-,32+,35-,36-,37+,41-/m1/s1. The zero-order valence-electron chi connectivity index (χ0n) is 29.2. The minimum absolute atomic E-state index is 0.0347. The van der Waals surface area contributed by atoms with Gasteiger partial charge >= 0.3 is 5.97 Å². The fraction of sp³-hybridized carbons (Fsp3) is 0.488. The largest absolute Gasteiger partial charge is 0.469 e. The molecule has 1 unspecified atom stereocenters. The van der Waals surface area contributed by atoms with Crippen molar-refractivity contribution in [3.8, 4) is 0 Å². The summed E-state index contributed by atoms with van der Waals surface area (Å²) in [5.74, 6) is 0.0000341. The van der Waals surface area contributed by atoms with E-state index in [0.717, 1.165) is 49.1 Å². The molecule has 4 aromatic rings. The van der Waals surface area contributed by atoms with E-state index in [0.29, 0.717) is 6.42 Å². The number of aryl methyl sites for hydroxylation is 1. The number of H-pyrrole nitrogens is 1. The molecule has 8 heteroatoms. The fourth-order valence-corrected chi connectivity index (χ4v) is 11.3. The van der Waals surface area contributed by atoms with Crippen molar-refractivity contribution in [2.45, 2.75) is 63.3 Å². The first kappa shape index (κ1) is 31.3. The highest BCUT2D eigenvalue weighted by Gasteiger charge is 2.60. The van der Waals surface area contributed by atoms with Crippen LogP contribution in [-0.2, 0) is 35.1 Å². The Morgan fingerprint density at radius 3 is 2.51 bits per heavy atom. The average molecular weight is 661 g/mol. The van der Waals surface area contributed by atoms with Crippen LogP contribution >= 0.6 is 0 Å². The number of fused-ring (bicyclic) bond motifs is 9. The Balaban J connectivity index is 1.23. The number of para-hydroxylation sites is 1. The predicted molar refractivity (Wildman–Crippen MR) is 191 cm³/mol. The molecule has 10 rings (SSSR count). The van der Waals surface area contributed by atoms with Crippen LogP contribution in [0.5, 0.6) is 0 Å². The lowest BCUT2D eigenvalue weighted by molar-refractivity contribution is -0.222. The molecule has 49 heavy (non-hydrogen) atoms. The van der Waals surface area contributed by atoms with Gasteiger partial charge in [0.25, 0.3) is 0 Å². The van der Waals surface area contributed by atoms with E-state index >= 15 is 0 Å². The molecule has 2 aromatic heterocycles. The molecule has 4 saturated heterocycles. The lowest BCUT2D eigenvalue weighted by atomic mass is 9.62. The number of piperidine rings is 4. The van der Waals surface area contributed by atoms with Gasteiger partial charge in [-0.25, -0.2) is 0 Å². The van der Waals surface area contributed by atoms with E-state index in [9.17, 15) is 15.0 Å². The molecule has 1 aliphatic carbocycles. The second kappa shape index (κ2) is 11.2. The average Bonchev–Trinajstić information content (AvgIpc) is 3.60. The van der Waals surface area contributed by atoms with Crippen LogP contribution in [0.25, 0.3) is 21.8 Å². The number of ether oxygens (including phenoxy) is 1. The molecule has 0 amide bonds. The number of nitrogens with zero attached hydrogens (tertiary/aromatic N) is 3. The number of aromatic nitrogens is 2. The molecule has 9 atom stereocenters. The maximum Gasteiger partial charge on any atom is 0.310 e. The number of aromatic amines is 1. The van der Waals surface area contributed by atoms with E-state index in [1.807, 2.05) is 0 Å². The summed E-state index contributed by atoms with van der Waals surface area (Å²) < 4.78 is 7.76. The quantitative estimate of drug-likeness (QED) is 0.202. The minimum atomic E-state index is -1.06. The van der Waals surface area contributed by atoms with Crippen LogP contribution in [0.4, 0.5) is 0 Å². The van der Waals surface area contributed by atoms with Gasteiger partial charge in [-0.1, -0.05) is 47.6 Å². The van der Waals surface area contributed by atoms with Gasteiger partial charge in [-0.2, -0.15) is 0 Å². The number of hydrogen-bond acceptors (Lipinski definition) is 6. The van der Waals surface area contributed by atoms with Crippen molar-refractivity contribution in [2.75, 3.05) is 33.9 Å². The summed E-state index contributed by atoms with van der Waals surface area (Å²) in [6, 6.07) is 15.6. The molecule has 8 nitrogen and oxygen atoms in total. The number of esters is 1. The summed E-state index contributed by atoms with van der Waals surface area (Å²) >= 11 is 0. The maximum absolute atomic E-state index is 13.7. The normalized spacial score (nSPS) is 35.4. The predicted octanol–water partition coefficient (Wildman–Crippen LogP) is 5.36. The highest BCUT2D eigenvalue weighted by Crippen LogP contribution is 2.57. The molecule has 2 aromatic carbocycles. The summed E-state index contributed by atoms with van der Waals surface area (Å²) in [4.78, 5) is 22.2. The highest BCUT2D eigenvalue weighted by molar-refractivity contribution is 5.89. The lowest BCUT2D eigenvalue weighted by Crippen LogP contribution is -2.69. The van der Waals surface area contributed by atoms with E-state index in [1.165, 1.54) is 51.4 Å². The number of hydrogen-bond donors (Lipinski definition) is 3. The van der Waals surface area contributed by atoms with Crippen LogP contribution in [0.15, 0.2) is 65.8 Å². The number of likely N-dealkylation sites (N-methyl/N-ethyl adjacent to an activating group) is 1. The summed E-state index contributed by atoms with van der Waals surface area (Å²) in [6.07, 6.45) is 7.39. The minimum Gasteiger partial charge on any atom is -0.469 e. The number of rotatable bonds is 3. The molecule has 7 heterocycles. The van der Waals surface area contributed by atoms with Gasteiger partial charge in [-0.15, -0.1) is 0 Å². The Bertz CT molecular complexity index is 2070. The van der Waals surface area contributed by atoms with Gasteiger partial charge in [-0.3, -0.25) is 14.6 Å². The SMILES string of the molecule is CC=C1CN2[C@@H]3Cc4c(n(C)c5ccc([C@@H]6C[C@@H]7/C(=C\C)CN(C)[C@H](Cc8c6[nH]c6ccccc86)[C@H]7C(=O)OC)cc45)[C@]2(O)C[C@H]1[C@@H]3CO. The first-order valence-corrected chi connectivity index (χ1v) is 18.1. The third-order valence-electron chi connectivity index (χ3n) is 13.6. The van der Waals surface area contributed by atoms with Gasteiger partial charge in [-0.05, 0) is 86.9 Å². The van der Waals surface area contributed by atoms with E-state index < -0.39 is 5.72 Å². The molecule has 256 valence electrons. The van der Waals surface area contributed by atoms with Crippen LogP contribution in [0.2, 0.25) is 0 Å². The van der Waals surface area contributed by atoms with E-state index in [4.69, 9.17) is 4.74 Å². The number of carbonyl (C=O) groups is 1. The fourth-order valence-electron chi connectivity index (χ4n) is 11.3.